The van der Waals surface area contributed by atoms with Crippen LogP contribution in [0.3, 0.4) is 0 Å². The molecule has 2 aromatic heterocycles. The van der Waals surface area contributed by atoms with Crippen molar-refractivity contribution in [3.05, 3.63) is 82.9 Å². The summed E-state index contributed by atoms with van der Waals surface area (Å²) in [4.78, 5) is 21.2. The van der Waals surface area contributed by atoms with Gasteiger partial charge in [-0.2, -0.15) is 0 Å². The monoisotopic (exact) mass is 453 g/mol. The Labute approximate surface area is 188 Å². The molecule has 0 atom stereocenters. The van der Waals surface area contributed by atoms with E-state index in [1.54, 1.807) is 25.3 Å². The van der Waals surface area contributed by atoms with E-state index in [-0.39, 0.29) is 21.8 Å². The molecule has 3 aromatic rings. The molecule has 1 N–H and O–H groups in total. The summed E-state index contributed by atoms with van der Waals surface area (Å²) >= 11 is 0. The van der Waals surface area contributed by atoms with Gasteiger partial charge in [-0.25, -0.2) is 18.1 Å². The highest BCUT2D eigenvalue weighted by Crippen LogP contribution is 2.30. The number of nitrogens with zero attached hydrogens (tertiary/aromatic N) is 2. The van der Waals surface area contributed by atoms with Crippen molar-refractivity contribution < 1.29 is 17.9 Å². The number of hydrogen-bond acceptors (Lipinski definition) is 6. The van der Waals surface area contributed by atoms with Gasteiger partial charge in [0, 0.05) is 24.0 Å². The molecule has 7 nitrogen and oxygen atoms in total. The summed E-state index contributed by atoms with van der Waals surface area (Å²) in [5, 5.41) is 0. The van der Waals surface area contributed by atoms with E-state index in [1.807, 2.05) is 45.0 Å². The Kier molecular flexibility index (Phi) is 6.64. The minimum absolute atomic E-state index is 0.0155. The molecule has 32 heavy (non-hydrogen) atoms. The van der Waals surface area contributed by atoms with Crippen molar-refractivity contribution in [1.29, 1.82) is 0 Å². The van der Waals surface area contributed by atoms with Crippen LogP contribution in [0.5, 0.6) is 5.75 Å². The van der Waals surface area contributed by atoms with Crippen LogP contribution in [0.25, 0.3) is 0 Å². The Balaban J connectivity index is 1.86. The first-order valence-corrected chi connectivity index (χ1v) is 11.6. The molecular formula is C24H27N3O4S. The third kappa shape index (κ3) is 5.31. The zero-order valence-corrected chi connectivity index (χ0v) is 19.7. The van der Waals surface area contributed by atoms with Crippen LogP contribution >= 0.6 is 0 Å². The van der Waals surface area contributed by atoms with Gasteiger partial charge in [0.05, 0.1) is 7.11 Å². The number of carbonyl (C=O) groups is 1. The van der Waals surface area contributed by atoms with Gasteiger partial charge in [-0.05, 0) is 53.8 Å². The number of carbonyl (C=O) groups excluding carboxylic acids is 1. The molecule has 0 fully saturated rings. The van der Waals surface area contributed by atoms with Crippen LogP contribution in [0, 0.1) is 6.92 Å². The molecule has 2 heterocycles. The summed E-state index contributed by atoms with van der Waals surface area (Å²) in [6, 6.07) is 13.9. The van der Waals surface area contributed by atoms with Crippen molar-refractivity contribution in [2.75, 3.05) is 7.11 Å². The van der Waals surface area contributed by atoms with Crippen LogP contribution in [0.4, 0.5) is 0 Å². The Hall–Kier alpha value is -3.26. The topological polar surface area (TPSA) is 98.2 Å². The highest BCUT2D eigenvalue weighted by atomic mass is 32.2. The largest absolute Gasteiger partial charge is 0.495 e. The molecule has 0 aliphatic rings. The van der Waals surface area contributed by atoms with E-state index in [2.05, 4.69) is 14.7 Å². The predicted octanol–water partition coefficient (Wildman–Crippen LogP) is 3.80. The number of rotatable bonds is 6. The zero-order valence-electron chi connectivity index (χ0n) is 18.8. The second kappa shape index (κ2) is 9.08. The van der Waals surface area contributed by atoms with Gasteiger partial charge in [0.2, 0.25) is 0 Å². The summed E-state index contributed by atoms with van der Waals surface area (Å²) in [7, 11) is -2.79. The molecule has 0 saturated heterocycles. The van der Waals surface area contributed by atoms with Crippen LogP contribution in [-0.4, -0.2) is 31.4 Å². The molecule has 1 amide bonds. The van der Waals surface area contributed by atoms with Crippen LogP contribution in [-0.2, 0) is 21.9 Å². The first-order chi connectivity index (χ1) is 15.0. The molecule has 0 saturated carbocycles. The van der Waals surface area contributed by atoms with E-state index in [9.17, 15) is 13.2 Å². The van der Waals surface area contributed by atoms with Crippen LogP contribution < -0.4 is 9.46 Å². The summed E-state index contributed by atoms with van der Waals surface area (Å²) in [6.45, 7) is 7.70. The van der Waals surface area contributed by atoms with E-state index in [4.69, 9.17) is 4.74 Å². The Morgan fingerprint density at radius 2 is 1.84 bits per heavy atom. The number of methoxy groups -OCH3 is 1. The SMILES string of the molecule is COc1ccc(C(C)(C)C)cc1S(=O)(=O)NC(=O)c1ccc(Cc2ccccn2)c(C)n1. The van der Waals surface area contributed by atoms with Gasteiger partial charge in [0.1, 0.15) is 16.3 Å². The molecule has 1 aromatic carbocycles. The molecule has 8 heteroatoms. The van der Waals surface area contributed by atoms with E-state index >= 15 is 0 Å². The minimum atomic E-state index is -4.18. The molecular weight excluding hydrogens is 426 g/mol. The van der Waals surface area contributed by atoms with Crippen molar-refractivity contribution in [2.45, 2.75) is 44.4 Å². The zero-order chi connectivity index (χ0) is 23.5. The van der Waals surface area contributed by atoms with Gasteiger partial charge in [0.25, 0.3) is 15.9 Å². The Bertz CT molecular complexity index is 1230. The third-order valence-electron chi connectivity index (χ3n) is 5.07. The maximum atomic E-state index is 13.0. The molecule has 0 spiro atoms. The fourth-order valence-corrected chi connectivity index (χ4v) is 4.34. The van der Waals surface area contributed by atoms with Gasteiger partial charge in [-0.1, -0.05) is 39.0 Å². The van der Waals surface area contributed by atoms with Crippen molar-refractivity contribution in [1.82, 2.24) is 14.7 Å². The fourth-order valence-electron chi connectivity index (χ4n) is 3.18. The summed E-state index contributed by atoms with van der Waals surface area (Å²) in [6.07, 6.45) is 2.28. The Morgan fingerprint density at radius 1 is 1.09 bits per heavy atom. The summed E-state index contributed by atoms with van der Waals surface area (Å²) < 4.78 is 33.4. The van der Waals surface area contributed by atoms with Crippen molar-refractivity contribution in [3.8, 4) is 5.75 Å². The van der Waals surface area contributed by atoms with Gasteiger partial charge in [-0.3, -0.25) is 9.78 Å². The van der Waals surface area contributed by atoms with E-state index in [0.29, 0.717) is 12.1 Å². The number of sulfonamides is 1. The lowest BCUT2D eigenvalue weighted by Crippen LogP contribution is -2.32. The number of benzene rings is 1. The highest BCUT2D eigenvalue weighted by molar-refractivity contribution is 7.90. The number of ether oxygens (including phenoxy) is 1. The van der Waals surface area contributed by atoms with Crippen molar-refractivity contribution >= 4 is 15.9 Å². The molecule has 3 rings (SSSR count). The van der Waals surface area contributed by atoms with Crippen molar-refractivity contribution in [2.24, 2.45) is 0 Å². The second-order valence-corrected chi connectivity index (χ2v) is 10.1. The van der Waals surface area contributed by atoms with Gasteiger partial charge in [-0.15, -0.1) is 0 Å². The third-order valence-corrected chi connectivity index (χ3v) is 6.42. The lowest BCUT2D eigenvalue weighted by molar-refractivity contribution is 0.0976. The summed E-state index contributed by atoms with van der Waals surface area (Å²) in [5.41, 5.74) is 2.96. The van der Waals surface area contributed by atoms with Gasteiger partial charge in [0.15, 0.2) is 0 Å². The maximum absolute atomic E-state index is 13.0. The number of pyridine rings is 2. The number of aryl methyl sites for hydroxylation is 1. The first-order valence-electron chi connectivity index (χ1n) is 10.1. The molecule has 0 aliphatic carbocycles. The average molecular weight is 454 g/mol. The van der Waals surface area contributed by atoms with Gasteiger partial charge < -0.3 is 4.74 Å². The van der Waals surface area contributed by atoms with E-state index < -0.39 is 15.9 Å². The number of nitrogens with one attached hydrogen (secondary N) is 1. The lowest BCUT2D eigenvalue weighted by atomic mass is 9.87. The van der Waals surface area contributed by atoms with Crippen molar-refractivity contribution in [3.63, 3.8) is 0 Å². The van der Waals surface area contributed by atoms with Crippen LogP contribution in [0.15, 0.2) is 59.6 Å². The number of amides is 1. The molecule has 0 unspecified atom stereocenters. The maximum Gasteiger partial charge on any atom is 0.283 e. The molecule has 0 aliphatic heterocycles. The molecule has 168 valence electrons. The lowest BCUT2D eigenvalue weighted by Gasteiger charge is -2.21. The average Bonchev–Trinajstić information content (AvgIpc) is 2.74. The second-order valence-electron chi connectivity index (χ2n) is 8.49. The van der Waals surface area contributed by atoms with E-state index in [1.165, 1.54) is 19.2 Å². The van der Waals surface area contributed by atoms with Crippen LogP contribution in [0.2, 0.25) is 0 Å². The smallest absolute Gasteiger partial charge is 0.283 e. The molecule has 0 bridgehead atoms. The number of aromatic nitrogens is 2. The first kappa shape index (κ1) is 23.4. The quantitative estimate of drug-likeness (QED) is 0.610. The Morgan fingerprint density at radius 3 is 2.44 bits per heavy atom. The standard InChI is InChI=1S/C24H27N3O4S/c1-16-17(14-19-8-6-7-13-25-19)9-11-20(26-16)23(28)27-32(29,30)22-15-18(24(2,3)4)10-12-21(22)31-5/h6-13,15H,14H2,1-5H3,(H,27,28). The summed E-state index contributed by atoms with van der Waals surface area (Å²) in [5.74, 6) is -0.645. The molecule has 0 radical (unpaired) electrons. The fraction of sp³-hybridized carbons (Fsp3) is 0.292. The van der Waals surface area contributed by atoms with Crippen LogP contribution in [0.1, 0.15) is 53.8 Å². The normalized spacial score (nSPS) is 11.8. The minimum Gasteiger partial charge on any atom is -0.495 e. The van der Waals surface area contributed by atoms with E-state index in [0.717, 1.165) is 16.8 Å². The number of hydrogen-bond donors (Lipinski definition) is 1. The van der Waals surface area contributed by atoms with Gasteiger partial charge >= 0.3 is 0 Å². The highest BCUT2D eigenvalue weighted by Gasteiger charge is 2.26. The predicted molar refractivity (Wildman–Crippen MR) is 122 cm³/mol.